The van der Waals surface area contributed by atoms with Crippen LogP contribution in [0.15, 0.2) is 23.8 Å². The summed E-state index contributed by atoms with van der Waals surface area (Å²) >= 11 is 0. The summed E-state index contributed by atoms with van der Waals surface area (Å²) in [5.41, 5.74) is 3.23. The third-order valence-electron chi connectivity index (χ3n) is 7.33. The highest BCUT2D eigenvalue weighted by Gasteiger charge is 2.54. The molecule has 7 atom stereocenters. The van der Waals surface area contributed by atoms with Crippen molar-refractivity contribution in [1.29, 1.82) is 0 Å². The van der Waals surface area contributed by atoms with Gasteiger partial charge in [-0.2, -0.15) is 7.05 Å². The van der Waals surface area contributed by atoms with Gasteiger partial charge in [0, 0.05) is 0 Å². The summed E-state index contributed by atoms with van der Waals surface area (Å²) in [5.74, 6) is 4.56. The highest BCUT2D eigenvalue weighted by atomic mass is 15.0. The Morgan fingerprint density at radius 1 is 1.27 bits per heavy atom. The summed E-state index contributed by atoms with van der Waals surface area (Å²) in [4.78, 5) is 0. The number of hydrogen-bond donors (Lipinski definition) is 0. The van der Waals surface area contributed by atoms with Crippen molar-refractivity contribution in [2.24, 2.45) is 35.5 Å². The van der Waals surface area contributed by atoms with Crippen molar-refractivity contribution in [3.05, 3.63) is 29.1 Å². The lowest BCUT2D eigenvalue weighted by Crippen LogP contribution is -2.59. The zero-order valence-corrected chi connectivity index (χ0v) is 15.2. The lowest BCUT2D eigenvalue weighted by molar-refractivity contribution is -0.0425. The average Bonchev–Trinajstić information content (AvgIpc) is 2.46. The Morgan fingerprint density at radius 2 is 2.00 bits per heavy atom. The molecule has 0 aliphatic heterocycles. The second-order valence-corrected chi connectivity index (χ2v) is 8.69. The quantitative estimate of drug-likeness (QED) is 0.557. The van der Waals surface area contributed by atoms with E-state index in [0.29, 0.717) is 11.8 Å². The van der Waals surface area contributed by atoms with Gasteiger partial charge in [-0.1, -0.05) is 56.4 Å². The highest BCUT2D eigenvalue weighted by molar-refractivity contribution is 5.28. The fourth-order valence-electron chi connectivity index (χ4n) is 6.38. The van der Waals surface area contributed by atoms with Crippen LogP contribution in [-0.2, 0) is 0 Å². The van der Waals surface area contributed by atoms with Crippen molar-refractivity contribution < 1.29 is 0 Å². The Balaban J connectivity index is 2.06. The number of nitrogens with zero attached hydrogens (tertiary/aromatic N) is 1. The molecule has 1 nitrogen and oxygen atoms in total. The molecule has 0 amide bonds. The van der Waals surface area contributed by atoms with Gasteiger partial charge in [0.15, 0.2) is 0 Å². The normalized spacial score (nSPS) is 47.8. The van der Waals surface area contributed by atoms with Gasteiger partial charge in [-0.15, -0.1) is 5.54 Å². The van der Waals surface area contributed by atoms with E-state index in [-0.39, 0.29) is 5.54 Å². The molecule has 124 valence electrons. The second-order valence-electron chi connectivity index (χ2n) is 8.69. The predicted octanol–water partition coefficient (Wildman–Crippen LogP) is 5.98. The van der Waals surface area contributed by atoms with Crippen LogP contribution in [0.3, 0.4) is 0 Å². The fourth-order valence-corrected chi connectivity index (χ4v) is 6.38. The molecule has 0 radical (unpaired) electrons. The molecule has 3 rings (SSSR count). The van der Waals surface area contributed by atoms with Crippen molar-refractivity contribution in [3.63, 3.8) is 0 Å². The topological polar surface area (TPSA) is 14.1 Å². The Bertz CT molecular complexity index is 472. The fraction of sp³-hybridized carbons (Fsp3) is 0.810. The molecule has 1 heteroatoms. The van der Waals surface area contributed by atoms with E-state index >= 15 is 0 Å². The van der Waals surface area contributed by atoms with Crippen LogP contribution in [0.1, 0.15) is 59.8 Å². The van der Waals surface area contributed by atoms with Crippen LogP contribution in [-0.4, -0.2) is 12.6 Å². The van der Waals surface area contributed by atoms with E-state index in [1.165, 1.54) is 43.3 Å². The van der Waals surface area contributed by atoms with Crippen LogP contribution < -0.4 is 0 Å². The third-order valence-corrected chi connectivity index (χ3v) is 7.33. The van der Waals surface area contributed by atoms with E-state index < -0.39 is 0 Å². The predicted molar refractivity (Wildman–Crippen MR) is 96.0 cm³/mol. The summed E-state index contributed by atoms with van der Waals surface area (Å²) in [6.45, 7) is 14.0. The summed E-state index contributed by atoms with van der Waals surface area (Å²) in [6, 6.07) is 0. The van der Waals surface area contributed by atoms with E-state index in [2.05, 4.69) is 47.4 Å². The lowest BCUT2D eigenvalue weighted by atomic mass is 9.45. The van der Waals surface area contributed by atoms with E-state index in [9.17, 15) is 0 Å². The van der Waals surface area contributed by atoms with Crippen LogP contribution >= 0.6 is 0 Å². The maximum atomic E-state index is 5.09. The summed E-state index contributed by atoms with van der Waals surface area (Å²) in [7, 11) is 2.10. The van der Waals surface area contributed by atoms with E-state index in [1.54, 1.807) is 0 Å². The molecular formula is C21H34N-. The van der Waals surface area contributed by atoms with Crippen molar-refractivity contribution in [3.8, 4) is 0 Å². The van der Waals surface area contributed by atoms with E-state index in [0.717, 1.165) is 23.7 Å². The Morgan fingerprint density at radius 3 is 2.64 bits per heavy atom. The minimum Gasteiger partial charge on any atom is -0.659 e. The third kappa shape index (κ3) is 2.31. The zero-order chi connectivity index (χ0) is 16.1. The lowest BCUT2D eigenvalue weighted by Gasteiger charge is -2.69. The first-order chi connectivity index (χ1) is 10.4. The molecule has 22 heavy (non-hydrogen) atoms. The van der Waals surface area contributed by atoms with Crippen LogP contribution in [0.4, 0.5) is 0 Å². The van der Waals surface area contributed by atoms with E-state index in [1.807, 2.05) is 0 Å². The molecule has 0 aromatic rings. The molecule has 3 fully saturated rings. The van der Waals surface area contributed by atoms with Crippen molar-refractivity contribution in [2.75, 3.05) is 7.05 Å². The Hall–Kier alpha value is -0.560. The molecule has 0 N–H and O–H groups in total. The van der Waals surface area contributed by atoms with Crippen LogP contribution in [0.25, 0.3) is 5.32 Å². The van der Waals surface area contributed by atoms with Crippen LogP contribution in [0.2, 0.25) is 0 Å². The van der Waals surface area contributed by atoms with E-state index in [4.69, 9.17) is 5.32 Å². The minimum atomic E-state index is 0.233. The molecule has 0 aromatic heterocycles. The van der Waals surface area contributed by atoms with Crippen LogP contribution in [0, 0.1) is 35.5 Å². The van der Waals surface area contributed by atoms with Gasteiger partial charge in [0.05, 0.1) is 0 Å². The molecule has 3 saturated carbocycles. The molecule has 0 heterocycles. The molecule has 0 saturated heterocycles. The minimum absolute atomic E-state index is 0.233. The molecule has 3 aliphatic carbocycles. The van der Waals surface area contributed by atoms with Crippen molar-refractivity contribution >= 4 is 0 Å². The molecular weight excluding hydrogens is 266 g/mol. The Kier molecular flexibility index (Phi) is 4.31. The smallest absolute Gasteiger partial charge is 0.0123 e. The second kappa shape index (κ2) is 5.82. The zero-order valence-electron chi connectivity index (χ0n) is 15.2. The summed E-state index contributed by atoms with van der Waals surface area (Å²) < 4.78 is 0. The molecule has 0 bridgehead atoms. The van der Waals surface area contributed by atoms with Gasteiger partial charge >= 0.3 is 0 Å². The standard InChI is InChI=1S/C21H34N/c1-13(2)11-17-12-15(4)18-8-7-16(5)21(22-6)10-9-14(3)19(17)20(18)21/h11,15-20H,3,7-10,12H2,1-2,4-6H3/q-1/t15-,16-,17+,18+,19-,20-,21-/m0/s1. The van der Waals surface area contributed by atoms with Gasteiger partial charge < -0.3 is 5.32 Å². The number of rotatable bonds is 2. The summed E-state index contributed by atoms with van der Waals surface area (Å²) in [6.07, 6.45) is 9.12. The molecule has 0 spiro atoms. The average molecular weight is 301 g/mol. The van der Waals surface area contributed by atoms with Gasteiger partial charge in [-0.3, -0.25) is 0 Å². The maximum Gasteiger partial charge on any atom is -0.0123 e. The highest BCUT2D eigenvalue weighted by Crippen LogP contribution is 2.63. The number of allylic oxidation sites excluding steroid dienone is 3. The first-order valence-electron chi connectivity index (χ1n) is 9.34. The number of hydrogen-bond acceptors (Lipinski definition) is 0. The van der Waals surface area contributed by atoms with Gasteiger partial charge in [-0.25, -0.2) is 0 Å². The largest absolute Gasteiger partial charge is 0.659 e. The molecule has 0 unspecified atom stereocenters. The summed E-state index contributed by atoms with van der Waals surface area (Å²) in [5, 5.41) is 5.09. The molecule has 0 aromatic carbocycles. The van der Waals surface area contributed by atoms with Gasteiger partial charge in [0.1, 0.15) is 0 Å². The van der Waals surface area contributed by atoms with Gasteiger partial charge in [0.2, 0.25) is 0 Å². The van der Waals surface area contributed by atoms with Crippen molar-refractivity contribution in [1.82, 2.24) is 0 Å². The van der Waals surface area contributed by atoms with Crippen LogP contribution in [0.5, 0.6) is 0 Å². The first kappa shape index (κ1) is 16.3. The molecule has 3 aliphatic rings. The first-order valence-corrected chi connectivity index (χ1v) is 9.34. The monoisotopic (exact) mass is 300 g/mol. The van der Waals surface area contributed by atoms with Crippen molar-refractivity contribution in [2.45, 2.75) is 65.3 Å². The Labute approximate surface area is 137 Å². The van der Waals surface area contributed by atoms with Gasteiger partial charge in [-0.05, 0) is 62.7 Å². The maximum absolute atomic E-state index is 5.09. The SMILES string of the molecule is C=C1CC[C@@]2([N-]C)[C@H]3[C@H](CC[C@@H]2C)[C@@H](C)C[C@@H](C=C(C)C)[C@H]13. The van der Waals surface area contributed by atoms with Gasteiger partial charge in [0.25, 0.3) is 0 Å².